The van der Waals surface area contributed by atoms with Crippen molar-refractivity contribution in [2.45, 2.75) is 25.0 Å². The van der Waals surface area contributed by atoms with Crippen LogP contribution in [-0.2, 0) is 6.42 Å². The molecule has 5 heteroatoms. The van der Waals surface area contributed by atoms with Crippen molar-refractivity contribution in [2.75, 3.05) is 33.8 Å². The normalized spacial score (nSPS) is 20.1. The van der Waals surface area contributed by atoms with Crippen LogP contribution in [0.2, 0.25) is 0 Å². The van der Waals surface area contributed by atoms with Crippen molar-refractivity contribution in [1.29, 1.82) is 0 Å². The number of fused-ring (bicyclic) bond motifs is 2. The van der Waals surface area contributed by atoms with Crippen molar-refractivity contribution in [3.05, 3.63) is 83.9 Å². The number of ether oxygens (including phenoxy) is 2. The maximum absolute atomic E-state index is 13.2. The number of likely N-dealkylation sites (N-methyl/N-ethyl adjacent to an activating group) is 1. The zero-order valence-electron chi connectivity index (χ0n) is 19.2. The molecule has 3 aromatic carbocycles. The zero-order chi connectivity index (χ0) is 22.8. The van der Waals surface area contributed by atoms with Crippen LogP contribution in [-0.4, -0.2) is 61.6 Å². The Hall–Kier alpha value is -3.31. The highest BCUT2D eigenvalue weighted by Crippen LogP contribution is 2.35. The molecule has 0 bridgehead atoms. The van der Waals surface area contributed by atoms with Gasteiger partial charge in [0.1, 0.15) is 17.6 Å². The van der Waals surface area contributed by atoms with Gasteiger partial charge in [0, 0.05) is 20.1 Å². The Morgan fingerprint density at radius 3 is 2.61 bits per heavy atom. The molecule has 5 rings (SSSR count). The first-order valence-electron chi connectivity index (χ1n) is 11.6. The van der Waals surface area contributed by atoms with Gasteiger partial charge in [0.15, 0.2) is 0 Å². The number of benzene rings is 3. The molecule has 0 radical (unpaired) electrons. The molecule has 3 aromatic rings. The van der Waals surface area contributed by atoms with Gasteiger partial charge >= 0.3 is 0 Å². The van der Waals surface area contributed by atoms with E-state index in [1.54, 1.807) is 7.11 Å². The molecular weight excluding hydrogens is 412 g/mol. The number of carbonyl (C=O) groups is 1. The summed E-state index contributed by atoms with van der Waals surface area (Å²) < 4.78 is 11.9. The highest BCUT2D eigenvalue weighted by atomic mass is 16.5. The monoisotopic (exact) mass is 442 g/mol. The molecule has 0 spiro atoms. The number of carbonyl (C=O) groups excluding carboxylic acids is 1. The van der Waals surface area contributed by atoms with Crippen LogP contribution in [0.5, 0.6) is 11.5 Å². The third kappa shape index (κ3) is 4.46. The van der Waals surface area contributed by atoms with Crippen molar-refractivity contribution >= 4 is 5.91 Å². The quantitative estimate of drug-likeness (QED) is 0.563. The van der Waals surface area contributed by atoms with E-state index in [1.807, 2.05) is 54.4 Å². The average Bonchev–Trinajstić information content (AvgIpc) is 3.22. The van der Waals surface area contributed by atoms with Crippen LogP contribution in [0.4, 0.5) is 0 Å². The van der Waals surface area contributed by atoms with Gasteiger partial charge in [-0.15, -0.1) is 0 Å². The van der Waals surface area contributed by atoms with E-state index in [0.29, 0.717) is 11.3 Å². The summed E-state index contributed by atoms with van der Waals surface area (Å²) in [7, 11) is 3.57. The molecule has 1 saturated heterocycles. The molecule has 1 fully saturated rings. The minimum absolute atomic E-state index is 0.0285. The van der Waals surface area contributed by atoms with E-state index in [0.717, 1.165) is 49.4 Å². The van der Waals surface area contributed by atoms with Crippen LogP contribution in [0, 0.1) is 0 Å². The summed E-state index contributed by atoms with van der Waals surface area (Å²) in [6, 6.07) is 24.5. The number of nitrogens with zero attached hydrogens (tertiary/aromatic N) is 2. The van der Waals surface area contributed by atoms with Crippen molar-refractivity contribution < 1.29 is 14.3 Å². The molecule has 0 N–H and O–H groups in total. The first-order valence-corrected chi connectivity index (χ1v) is 11.6. The number of amides is 1. The number of hydrogen-bond donors (Lipinski definition) is 0. The summed E-state index contributed by atoms with van der Waals surface area (Å²) >= 11 is 0. The van der Waals surface area contributed by atoms with Crippen LogP contribution in [0.3, 0.4) is 0 Å². The fraction of sp³-hybridized carbons (Fsp3) is 0.321. The average molecular weight is 443 g/mol. The Kier molecular flexibility index (Phi) is 6.05. The maximum atomic E-state index is 13.2. The number of rotatable bonds is 6. The van der Waals surface area contributed by atoms with Gasteiger partial charge in [-0.3, -0.25) is 9.69 Å². The van der Waals surface area contributed by atoms with Crippen molar-refractivity contribution in [3.63, 3.8) is 0 Å². The Morgan fingerprint density at radius 2 is 1.79 bits per heavy atom. The van der Waals surface area contributed by atoms with Crippen molar-refractivity contribution in [2.24, 2.45) is 0 Å². The van der Waals surface area contributed by atoms with Crippen LogP contribution in [0.1, 0.15) is 22.3 Å². The Balaban J connectivity index is 1.32. The molecule has 0 saturated carbocycles. The Labute approximate surface area is 195 Å². The first-order chi connectivity index (χ1) is 16.1. The van der Waals surface area contributed by atoms with Crippen molar-refractivity contribution in [3.8, 4) is 22.6 Å². The smallest absolute Gasteiger partial charge is 0.257 e. The molecule has 1 amide bonds. The number of hydrogen-bond acceptors (Lipinski definition) is 4. The Bertz CT molecular complexity index is 1130. The second-order valence-electron chi connectivity index (χ2n) is 8.93. The van der Waals surface area contributed by atoms with Gasteiger partial charge in [-0.2, -0.15) is 0 Å². The second kappa shape index (κ2) is 9.28. The lowest BCUT2D eigenvalue weighted by Crippen LogP contribution is -2.44. The summed E-state index contributed by atoms with van der Waals surface area (Å²) in [6.45, 7) is 2.68. The molecule has 2 aliphatic rings. The van der Waals surface area contributed by atoms with E-state index in [9.17, 15) is 4.79 Å². The molecule has 33 heavy (non-hydrogen) atoms. The highest BCUT2D eigenvalue weighted by molar-refractivity contribution is 5.98. The van der Waals surface area contributed by atoms with E-state index in [-0.39, 0.29) is 18.1 Å². The fourth-order valence-corrected chi connectivity index (χ4v) is 4.94. The number of likely N-dealkylation sites (tertiary alicyclic amines) is 1. The number of methoxy groups -OCH3 is 1. The molecule has 2 aliphatic heterocycles. The molecule has 2 unspecified atom stereocenters. The summed E-state index contributed by atoms with van der Waals surface area (Å²) in [5, 5.41) is 0. The molecule has 0 aromatic heterocycles. The van der Waals surface area contributed by atoms with E-state index in [2.05, 4.69) is 35.2 Å². The zero-order valence-corrected chi connectivity index (χ0v) is 19.2. The van der Waals surface area contributed by atoms with Crippen LogP contribution >= 0.6 is 0 Å². The molecular formula is C28H30N2O3. The van der Waals surface area contributed by atoms with Gasteiger partial charge in [0.2, 0.25) is 0 Å². The summed E-state index contributed by atoms with van der Waals surface area (Å²) in [5.74, 6) is 1.51. The minimum atomic E-state index is -0.0301. The maximum Gasteiger partial charge on any atom is 0.257 e. The Morgan fingerprint density at radius 1 is 0.970 bits per heavy atom. The van der Waals surface area contributed by atoms with Gasteiger partial charge in [0.05, 0.1) is 18.7 Å². The van der Waals surface area contributed by atoms with Gasteiger partial charge in [-0.25, -0.2) is 0 Å². The topological polar surface area (TPSA) is 42.0 Å². The van der Waals surface area contributed by atoms with E-state index in [4.69, 9.17) is 9.47 Å². The van der Waals surface area contributed by atoms with Gasteiger partial charge < -0.3 is 14.4 Å². The third-order valence-corrected chi connectivity index (χ3v) is 6.81. The van der Waals surface area contributed by atoms with Gasteiger partial charge in [0.25, 0.3) is 5.91 Å². The molecule has 2 atom stereocenters. The minimum Gasteiger partial charge on any atom is -0.497 e. The lowest BCUT2D eigenvalue weighted by Gasteiger charge is -2.25. The lowest BCUT2D eigenvalue weighted by atomic mass is 10.0. The van der Waals surface area contributed by atoms with Crippen molar-refractivity contribution in [1.82, 2.24) is 9.80 Å². The predicted molar refractivity (Wildman–Crippen MR) is 130 cm³/mol. The molecule has 2 heterocycles. The predicted octanol–water partition coefficient (Wildman–Crippen LogP) is 4.51. The molecule has 0 aliphatic carbocycles. The summed E-state index contributed by atoms with van der Waals surface area (Å²) in [5.41, 5.74) is 4.05. The first kappa shape index (κ1) is 21.5. The second-order valence-corrected chi connectivity index (χ2v) is 8.93. The SMILES string of the molecule is COc1cccc(-c2ccc3c(c2)OC2CN(CCCc4ccccc4)CC2N(C)C3=O)c1. The highest BCUT2D eigenvalue weighted by Gasteiger charge is 2.42. The number of aryl methyl sites for hydroxylation is 1. The molecule has 170 valence electrons. The lowest BCUT2D eigenvalue weighted by molar-refractivity contribution is 0.0682. The largest absolute Gasteiger partial charge is 0.497 e. The van der Waals surface area contributed by atoms with E-state index >= 15 is 0 Å². The standard InChI is InChI=1S/C28H30N2O3/c1-29-25-18-30(15-7-10-20-8-4-3-5-9-20)19-27(25)33-26-17-22(13-14-24(26)28(29)31)21-11-6-12-23(16-21)32-2/h3-6,8-9,11-14,16-17,25,27H,7,10,15,18-19H2,1-2H3. The van der Waals surface area contributed by atoms with Gasteiger partial charge in [-0.1, -0.05) is 48.5 Å². The van der Waals surface area contributed by atoms with Gasteiger partial charge in [-0.05, 0) is 60.3 Å². The van der Waals surface area contributed by atoms with Crippen LogP contribution in [0.15, 0.2) is 72.8 Å². The third-order valence-electron chi connectivity index (χ3n) is 6.81. The fourth-order valence-electron chi connectivity index (χ4n) is 4.94. The van der Waals surface area contributed by atoms with E-state index in [1.165, 1.54) is 5.56 Å². The van der Waals surface area contributed by atoms with Crippen LogP contribution < -0.4 is 9.47 Å². The molecule has 5 nitrogen and oxygen atoms in total. The summed E-state index contributed by atoms with van der Waals surface area (Å²) in [4.78, 5) is 17.5. The van der Waals surface area contributed by atoms with Crippen LogP contribution in [0.25, 0.3) is 11.1 Å². The summed E-state index contributed by atoms with van der Waals surface area (Å²) in [6.07, 6.45) is 2.13. The van der Waals surface area contributed by atoms with E-state index < -0.39 is 0 Å².